The molecule has 1 rings (SSSR count). The van der Waals surface area contributed by atoms with Crippen molar-refractivity contribution in [3.05, 3.63) is 22.2 Å². The van der Waals surface area contributed by atoms with E-state index in [2.05, 4.69) is 4.72 Å². The van der Waals surface area contributed by atoms with Crippen LogP contribution in [0.15, 0.2) is 17.0 Å². The average Bonchev–Trinajstić information content (AvgIpc) is 2.24. The Morgan fingerprint density at radius 2 is 2.06 bits per heavy atom. The summed E-state index contributed by atoms with van der Waals surface area (Å²) in [4.78, 5) is -0.128. The summed E-state index contributed by atoms with van der Waals surface area (Å²) in [5, 5.41) is 9.15. The fraction of sp³-hybridized carbons (Fsp3) is 0.400. The maximum atomic E-state index is 11.9. The van der Waals surface area contributed by atoms with Crippen LogP contribution in [0.3, 0.4) is 0 Å². The Morgan fingerprint density at radius 3 is 2.61 bits per heavy atom. The molecule has 1 aromatic carbocycles. The maximum Gasteiger partial charge on any atom is 0.242 e. The highest BCUT2D eigenvalue weighted by Crippen LogP contribution is 2.32. The summed E-state index contributed by atoms with van der Waals surface area (Å²) in [6, 6.07) is 2.65. The lowest BCUT2D eigenvalue weighted by atomic mass is 10.3. The normalized spacial score (nSPS) is 13.6. The molecule has 0 fully saturated rings. The number of sulfonamides is 1. The second kappa shape index (κ2) is 6.08. The van der Waals surface area contributed by atoms with Crippen molar-refractivity contribution in [2.24, 2.45) is 0 Å². The number of halogens is 2. The number of nitrogen functional groups attached to an aromatic ring is 1. The maximum absolute atomic E-state index is 11.9. The average molecular weight is 313 g/mol. The summed E-state index contributed by atoms with van der Waals surface area (Å²) in [6.45, 7) is 1.68. The predicted octanol–water partition coefficient (Wildman–Crippen LogP) is 1.62. The summed E-state index contributed by atoms with van der Waals surface area (Å²) in [5.74, 6) is 0. The van der Waals surface area contributed by atoms with Crippen molar-refractivity contribution in [2.75, 3.05) is 12.3 Å². The molecule has 0 heterocycles. The highest BCUT2D eigenvalue weighted by atomic mass is 35.5. The van der Waals surface area contributed by atoms with Crippen LogP contribution in [0.4, 0.5) is 5.69 Å². The van der Waals surface area contributed by atoms with Crippen LogP contribution in [0.5, 0.6) is 0 Å². The van der Waals surface area contributed by atoms with Crippen LogP contribution in [0.1, 0.15) is 13.3 Å². The molecular weight excluding hydrogens is 299 g/mol. The predicted molar refractivity (Wildman–Crippen MR) is 72.4 cm³/mol. The van der Waals surface area contributed by atoms with Gasteiger partial charge in [0.25, 0.3) is 0 Å². The molecule has 0 radical (unpaired) electrons. The molecule has 0 aliphatic rings. The van der Waals surface area contributed by atoms with E-state index in [4.69, 9.17) is 34.0 Å². The van der Waals surface area contributed by atoms with E-state index in [1.54, 1.807) is 6.92 Å². The quantitative estimate of drug-likeness (QED) is 0.720. The van der Waals surface area contributed by atoms with E-state index in [1.807, 2.05) is 0 Å². The molecule has 1 unspecified atom stereocenters. The summed E-state index contributed by atoms with van der Waals surface area (Å²) < 4.78 is 26.2. The smallest absolute Gasteiger partial charge is 0.242 e. The number of hydrogen-bond donors (Lipinski definition) is 3. The molecule has 0 aliphatic carbocycles. The van der Waals surface area contributed by atoms with Crippen molar-refractivity contribution in [3.8, 4) is 0 Å². The lowest BCUT2D eigenvalue weighted by molar-refractivity contribution is 0.186. The number of aliphatic hydroxyl groups excluding tert-OH is 1. The molecule has 0 amide bonds. The van der Waals surface area contributed by atoms with Gasteiger partial charge >= 0.3 is 0 Å². The molecule has 0 aromatic heterocycles. The van der Waals surface area contributed by atoms with E-state index in [0.717, 1.165) is 0 Å². The first kappa shape index (κ1) is 15.5. The van der Waals surface area contributed by atoms with Crippen LogP contribution in [0.2, 0.25) is 10.0 Å². The Labute approximate surface area is 116 Å². The summed E-state index contributed by atoms with van der Waals surface area (Å²) >= 11 is 11.6. The van der Waals surface area contributed by atoms with Crippen molar-refractivity contribution >= 4 is 38.9 Å². The Hall–Kier alpha value is -0.530. The molecule has 0 spiro atoms. The number of rotatable bonds is 5. The highest BCUT2D eigenvalue weighted by Gasteiger charge is 2.20. The fourth-order valence-corrected chi connectivity index (χ4v) is 3.05. The van der Waals surface area contributed by atoms with Crippen LogP contribution < -0.4 is 10.5 Å². The van der Waals surface area contributed by atoms with Gasteiger partial charge in [0.05, 0.1) is 21.8 Å². The second-order valence-corrected chi connectivity index (χ2v) is 6.33. The van der Waals surface area contributed by atoms with Gasteiger partial charge in [0.1, 0.15) is 4.90 Å². The first-order valence-electron chi connectivity index (χ1n) is 5.17. The van der Waals surface area contributed by atoms with Gasteiger partial charge in [-0.25, -0.2) is 13.1 Å². The molecule has 0 aliphatic heterocycles. The van der Waals surface area contributed by atoms with Crippen LogP contribution in [-0.4, -0.2) is 26.2 Å². The number of hydrogen-bond acceptors (Lipinski definition) is 4. The number of nitrogens with one attached hydrogen (secondary N) is 1. The summed E-state index contributed by atoms with van der Waals surface area (Å²) in [6.07, 6.45) is -0.279. The molecule has 8 heteroatoms. The zero-order valence-electron chi connectivity index (χ0n) is 9.65. The molecule has 1 atom stereocenters. The van der Waals surface area contributed by atoms with Gasteiger partial charge in [0.15, 0.2) is 0 Å². The van der Waals surface area contributed by atoms with Gasteiger partial charge in [0.2, 0.25) is 10.0 Å². The van der Waals surface area contributed by atoms with Crippen molar-refractivity contribution in [1.82, 2.24) is 4.72 Å². The highest BCUT2D eigenvalue weighted by molar-refractivity contribution is 7.89. The number of aliphatic hydroxyl groups is 1. The van der Waals surface area contributed by atoms with Crippen molar-refractivity contribution in [1.29, 1.82) is 0 Å². The van der Waals surface area contributed by atoms with Gasteiger partial charge in [-0.05, 0) is 25.5 Å². The van der Waals surface area contributed by atoms with Gasteiger partial charge in [-0.3, -0.25) is 0 Å². The molecule has 4 N–H and O–H groups in total. The van der Waals surface area contributed by atoms with Crippen molar-refractivity contribution in [3.63, 3.8) is 0 Å². The Kier molecular flexibility index (Phi) is 5.24. The van der Waals surface area contributed by atoms with Crippen LogP contribution in [0, 0.1) is 0 Å². The van der Waals surface area contributed by atoms with E-state index in [-0.39, 0.29) is 27.2 Å². The minimum Gasteiger partial charge on any atom is -0.396 e. The van der Waals surface area contributed by atoms with Crippen molar-refractivity contribution < 1.29 is 13.5 Å². The molecular formula is C10H14Cl2N2O3S. The van der Waals surface area contributed by atoms with E-state index < -0.39 is 16.1 Å². The zero-order valence-corrected chi connectivity index (χ0v) is 12.0. The zero-order chi connectivity index (χ0) is 13.9. The first-order chi connectivity index (χ1) is 8.25. The third kappa shape index (κ3) is 3.73. The topological polar surface area (TPSA) is 92.4 Å². The molecule has 0 saturated carbocycles. The van der Waals surface area contributed by atoms with Gasteiger partial charge in [-0.1, -0.05) is 23.2 Å². The number of benzene rings is 1. The second-order valence-electron chi connectivity index (χ2n) is 3.81. The van der Waals surface area contributed by atoms with Crippen LogP contribution in [-0.2, 0) is 10.0 Å². The number of anilines is 1. The molecule has 0 bridgehead atoms. The molecule has 0 saturated heterocycles. The van der Waals surface area contributed by atoms with Gasteiger partial charge in [-0.2, -0.15) is 0 Å². The standard InChI is InChI=1S/C10H14Cl2N2O3S/c1-6(15)4-5-14-18(16,17)8-3-2-7(11)10(13)9(8)12/h2-3,6,14-15H,4-5,13H2,1H3. The lowest BCUT2D eigenvalue weighted by Crippen LogP contribution is -2.27. The van der Waals surface area contributed by atoms with Crippen molar-refractivity contribution in [2.45, 2.75) is 24.3 Å². The molecule has 1 aromatic rings. The van der Waals surface area contributed by atoms with Crippen LogP contribution >= 0.6 is 23.2 Å². The Morgan fingerprint density at radius 1 is 1.44 bits per heavy atom. The Bertz CT molecular complexity index is 532. The van der Waals surface area contributed by atoms with E-state index >= 15 is 0 Å². The van der Waals surface area contributed by atoms with Crippen LogP contribution in [0.25, 0.3) is 0 Å². The summed E-state index contributed by atoms with van der Waals surface area (Å²) in [5.41, 5.74) is 5.58. The third-order valence-corrected chi connectivity index (χ3v) is 4.59. The minimum absolute atomic E-state index is 0.0248. The fourth-order valence-electron chi connectivity index (χ4n) is 1.24. The van der Waals surface area contributed by atoms with Gasteiger partial charge in [0, 0.05) is 6.54 Å². The third-order valence-electron chi connectivity index (χ3n) is 2.23. The lowest BCUT2D eigenvalue weighted by Gasteiger charge is -2.11. The molecule has 18 heavy (non-hydrogen) atoms. The molecule has 102 valence electrons. The molecule has 5 nitrogen and oxygen atoms in total. The van der Waals surface area contributed by atoms with E-state index in [1.165, 1.54) is 12.1 Å². The Balaban J connectivity index is 2.96. The van der Waals surface area contributed by atoms with Gasteiger partial charge in [-0.15, -0.1) is 0 Å². The minimum atomic E-state index is -3.76. The van der Waals surface area contributed by atoms with E-state index in [9.17, 15) is 8.42 Å². The first-order valence-corrected chi connectivity index (χ1v) is 7.41. The number of nitrogens with two attached hydrogens (primary N) is 1. The summed E-state index contributed by atoms with van der Waals surface area (Å²) in [7, 11) is -3.76. The monoisotopic (exact) mass is 312 g/mol. The SMILES string of the molecule is CC(O)CCNS(=O)(=O)c1ccc(Cl)c(N)c1Cl. The largest absolute Gasteiger partial charge is 0.396 e. The van der Waals surface area contributed by atoms with Gasteiger partial charge < -0.3 is 10.8 Å². The van der Waals surface area contributed by atoms with E-state index in [0.29, 0.717) is 6.42 Å².